The molecule has 0 aliphatic carbocycles. The standard InChI is InChI=1S/C13H12N4S/c14-8-1-3-9(4-2-8)16-10-5-6-11-12(7-10)18-17-13(11)15/h1-7,16H,14H2,(H2,15,17). The van der Waals surface area contributed by atoms with E-state index in [-0.39, 0.29) is 0 Å². The average Bonchev–Trinajstić information content (AvgIpc) is 2.74. The number of benzene rings is 2. The van der Waals surface area contributed by atoms with Crippen molar-refractivity contribution in [3.8, 4) is 0 Å². The number of fused-ring (bicyclic) bond motifs is 1. The summed E-state index contributed by atoms with van der Waals surface area (Å²) in [5.41, 5.74) is 14.2. The molecule has 1 heterocycles. The highest BCUT2D eigenvalue weighted by atomic mass is 32.1. The summed E-state index contributed by atoms with van der Waals surface area (Å²) in [6.45, 7) is 0. The number of hydrogen-bond donors (Lipinski definition) is 3. The normalized spacial score (nSPS) is 10.7. The Kier molecular flexibility index (Phi) is 2.53. The first-order valence-electron chi connectivity index (χ1n) is 5.50. The summed E-state index contributed by atoms with van der Waals surface area (Å²) >= 11 is 1.41. The Balaban J connectivity index is 1.92. The van der Waals surface area contributed by atoms with Crippen molar-refractivity contribution < 1.29 is 0 Å². The monoisotopic (exact) mass is 256 g/mol. The lowest BCUT2D eigenvalue weighted by molar-refractivity contribution is 1.56. The van der Waals surface area contributed by atoms with Gasteiger partial charge in [-0.3, -0.25) is 0 Å². The van der Waals surface area contributed by atoms with Gasteiger partial charge in [0.05, 0.1) is 4.70 Å². The van der Waals surface area contributed by atoms with Gasteiger partial charge in [-0.05, 0) is 54.0 Å². The topological polar surface area (TPSA) is 77.0 Å². The maximum absolute atomic E-state index is 5.76. The van der Waals surface area contributed by atoms with Gasteiger partial charge < -0.3 is 16.8 Å². The van der Waals surface area contributed by atoms with Crippen molar-refractivity contribution in [2.75, 3.05) is 16.8 Å². The largest absolute Gasteiger partial charge is 0.399 e. The van der Waals surface area contributed by atoms with Crippen LogP contribution in [0.1, 0.15) is 0 Å². The fraction of sp³-hybridized carbons (Fsp3) is 0. The molecule has 18 heavy (non-hydrogen) atoms. The molecule has 0 spiro atoms. The molecule has 4 nitrogen and oxygen atoms in total. The lowest BCUT2D eigenvalue weighted by Crippen LogP contribution is -1.91. The van der Waals surface area contributed by atoms with Crippen LogP contribution >= 0.6 is 11.5 Å². The van der Waals surface area contributed by atoms with Crippen molar-refractivity contribution in [1.29, 1.82) is 0 Å². The molecule has 3 aromatic rings. The molecule has 90 valence electrons. The summed E-state index contributed by atoms with van der Waals surface area (Å²) < 4.78 is 5.21. The summed E-state index contributed by atoms with van der Waals surface area (Å²) in [5, 5.41) is 4.32. The van der Waals surface area contributed by atoms with E-state index >= 15 is 0 Å². The predicted octanol–water partition coefficient (Wildman–Crippen LogP) is 3.20. The van der Waals surface area contributed by atoms with Gasteiger partial charge in [0.1, 0.15) is 5.82 Å². The zero-order valence-electron chi connectivity index (χ0n) is 9.55. The van der Waals surface area contributed by atoms with E-state index in [2.05, 4.69) is 9.69 Å². The van der Waals surface area contributed by atoms with Crippen LogP contribution in [0.2, 0.25) is 0 Å². The minimum Gasteiger partial charge on any atom is -0.399 e. The molecular formula is C13H12N4S. The third-order valence-corrected chi connectivity index (χ3v) is 3.52. The second-order valence-corrected chi connectivity index (χ2v) is 4.83. The van der Waals surface area contributed by atoms with Crippen molar-refractivity contribution in [2.45, 2.75) is 0 Å². The van der Waals surface area contributed by atoms with Gasteiger partial charge in [0.15, 0.2) is 0 Å². The average molecular weight is 256 g/mol. The van der Waals surface area contributed by atoms with Gasteiger partial charge in [-0.1, -0.05) is 0 Å². The zero-order chi connectivity index (χ0) is 12.5. The van der Waals surface area contributed by atoms with E-state index in [9.17, 15) is 0 Å². The molecule has 0 radical (unpaired) electrons. The van der Waals surface area contributed by atoms with Gasteiger partial charge in [0.25, 0.3) is 0 Å². The SMILES string of the molecule is Nc1ccc(Nc2ccc3c(N)nsc3c2)cc1. The second kappa shape index (κ2) is 4.19. The molecule has 0 saturated carbocycles. The van der Waals surface area contributed by atoms with Crippen LogP contribution in [0.5, 0.6) is 0 Å². The number of anilines is 4. The van der Waals surface area contributed by atoms with Gasteiger partial charge >= 0.3 is 0 Å². The summed E-state index contributed by atoms with van der Waals surface area (Å²) in [7, 11) is 0. The van der Waals surface area contributed by atoms with E-state index < -0.39 is 0 Å². The molecule has 0 unspecified atom stereocenters. The van der Waals surface area contributed by atoms with Gasteiger partial charge in [-0.25, -0.2) is 0 Å². The molecule has 0 fully saturated rings. The molecule has 5 heteroatoms. The van der Waals surface area contributed by atoms with Crippen molar-refractivity contribution >= 4 is 44.5 Å². The van der Waals surface area contributed by atoms with E-state index in [1.54, 1.807) is 0 Å². The summed E-state index contributed by atoms with van der Waals surface area (Å²) in [6.07, 6.45) is 0. The minimum absolute atomic E-state index is 0.592. The van der Waals surface area contributed by atoms with Crippen molar-refractivity contribution in [2.24, 2.45) is 0 Å². The quantitative estimate of drug-likeness (QED) is 0.615. The number of hydrogen-bond acceptors (Lipinski definition) is 5. The summed E-state index contributed by atoms with van der Waals surface area (Å²) in [5.74, 6) is 0.592. The van der Waals surface area contributed by atoms with E-state index in [0.717, 1.165) is 27.1 Å². The molecule has 2 aromatic carbocycles. The van der Waals surface area contributed by atoms with Crippen molar-refractivity contribution in [1.82, 2.24) is 4.37 Å². The molecule has 5 N–H and O–H groups in total. The molecule has 3 rings (SSSR count). The molecule has 1 aromatic heterocycles. The van der Waals surface area contributed by atoms with Crippen LogP contribution in [-0.2, 0) is 0 Å². The first kappa shape index (κ1) is 10.9. The fourth-order valence-electron chi connectivity index (χ4n) is 1.77. The van der Waals surface area contributed by atoms with E-state index in [1.165, 1.54) is 11.5 Å². The first-order chi connectivity index (χ1) is 8.72. The molecule has 0 saturated heterocycles. The third kappa shape index (κ3) is 1.96. The Morgan fingerprint density at radius 2 is 1.67 bits per heavy atom. The van der Waals surface area contributed by atoms with E-state index in [0.29, 0.717) is 5.82 Å². The Hall–Kier alpha value is -2.27. The Morgan fingerprint density at radius 3 is 2.44 bits per heavy atom. The summed E-state index contributed by atoms with van der Waals surface area (Å²) in [6, 6.07) is 13.6. The molecule has 0 amide bonds. The van der Waals surface area contributed by atoms with Crippen LogP contribution in [0.25, 0.3) is 10.1 Å². The number of nitrogens with two attached hydrogens (primary N) is 2. The van der Waals surface area contributed by atoms with Gasteiger partial charge in [-0.15, -0.1) is 0 Å². The zero-order valence-corrected chi connectivity index (χ0v) is 10.4. The number of nitrogens with zero attached hydrogens (tertiary/aromatic N) is 1. The lowest BCUT2D eigenvalue weighted by atomic mass is 10.2. The molecular weight excluding hydrogens is 244 g/mol. The Labute approximate surface area is 108 Å². The molecule has 0 aliphatic rings. The van der Waals surface area contributed by atoms with Crippen LogP contribution in [0.4, 0.5) is 22.9 Å². The summed E-state index contributed by atoms with van der Waals surface area (Å²) in [4.78, 5) is 0. The highest BCUT2D eigenvalue weighted by Gasteiger charge is 2.03. The first-order valence-corrected chi connectivity index (χ1v) is 6.27. The maximum Gasteiger partial charge on any atom is 0.144 e. The predicted molar refractivity (Wildman–Crippen MR) is 78.2 cm³/mol. The number of rotatable bonds is 2. The van der Waals surface area contributed by atoms with E-state index in [1.807, 2.05) is 42.5 Å². The van der Waals surface area contributed by atoms with Gasteiger partial charge in [-0.2, -0.15) is 4.37 Å². The number of nitrogens with one attached hydrogen (secondary N) is 1. The second-order valence-electron chi connectivity index (χ2n) is 4.03. The Morgan fingerprint density at radius 1 is 0.944 bits per heavy atom. The van der Waals surface area contributed by atoms with Crippen molar-refractivity contribution in [3.05, 3.63) is 42.5 Å². The van der Waals surface area contributed by atoms with Crippen LogP contribution in [0.15, 0.2) is 42.5 Å². The van der Waals surface area contributed by atoms with Gasteiger partial charge in [0.2, 0.25) is 0 Å². The molecule has 0 bridgehead atoms. The third-order valence-electron chi connectivity index (χ3n) is 2.70. The Bertz CT molecular complexity index is 688. The maximum atomic E-state index is 5.76. The highest BCUT2D eigenvalue weighted by Crippen LogP contribution is 2.28. The van der Waals surface area contributed by atoms with Crippen LogP contribution < -0.4 is 16.8 Å². The van der Waals surface area contributed by atoms with Crippen molar-refractivity contribution in [3.63, 3.8) is 0 Å². The van der Waals surface area contributed by atoms with Crippen LogP contribution in [0.3, 0.4) is 0 Å². The van der Waals surface area contributed by atoms with E-state index in [4.69, 9.17) is 11.5 Å². The van der Waals surface area contributed by atoms with Crippen LogP contribution in [0, 0.1) is 0 Å². The number of aromatic nitrogens is 1. The fourth-order valence-corrected chi connectivity index (χ4v) is 2.51. The number of nitrogen functional groups attached to an aromatic ring is 2. The molecule has 0 atom stereocenters. The van der Waals surface area contributed by atoms with Gasteiger partial charge in [0, 0.05) is 22.4 Å². The smallest absolute Gasteiger partial charge is 0.144 e. The lowest BCUT2D eigenvalue weighted by Gasteiger charge is -2.06. The molecule has 0 aliphatic heterocycles. The van der Waals surface area contributed by atoms with Crippen LogP contribution in [-0.4, -0.2) is 4.37 Å². The minimum atomic E-state index is 0.592. The highest BCUT2D eigenvalue weighted by molar-refractivity contribution is 7.13.